The molecule has 134 valence electrons. The topological polar surface area (TPSA) is 66.9 Å². The minimum Gasteiger partial charge on any atom is -0.493 e. The predicted molar refractivity (Wildman–Crippen MR) is 94.3 cm³/mol. The second kappa shape index (κ2) is 8.92. The number of esters is 1. The Morgan fingerprint density at radius 1 is 1.04 bits per heavy atom. The Morgan fingerprint density at radius 3 is 2.28 bits per heavy atom. The Bertz CT molecular complexity index is 704. The summed E-state index contributed by atoms with van der Waals surface area (Å²) in [5, 5.41) is 0. The lowest BCUT2D eigenvalue weighted by Crippen LogP contribution is -2.05. The van der Waals surface area contributed by atoms with Gasteiger partial charge < -0.3 is 18.9 Å². The SMILES string of the molecule is CCOC(=O)CCc1ccnc(-c2cc(OC)c(OC)c(OC)c2)c1. The highest BCUT2D eigenvalue weighted by Crippen LogP contribution is 2.40. The van der Waals surface area contributed by atoms with E-state index < -0.39 is 0 Å². The summed E-state index contributed by atoms with van der Waals surface area (Å²) in [6.45, 7) is 2.19. The molecule has 6 nitrogen and oxygen atoms in total. The molecule has 25 heavy (non-hydrogen) atoms. The molecule has 0 amide bonds. The number of aromatic nitrogens is 1. The first-order valence-corrected chi connectivity index (χ1v) is 8.03. The van der Waals surface area contributed by atoms with Crippen molar-refractivity contribution in [1.29, 1.82) is 0 Å². The molecule has 1 heterocycles. The van der Waals surface area contributed by atoms with Gasteiger partial charge in [0.2, 0.25) is 5.75 Å². The number of benzene rings is 1. The van der Waals surface area contributed by atoms with Crippen molar-refractivity contribution >= 4 is 5.97 Å². The van der Waals surface area contributed by atoms with Crippen LogP contribution in [0.4, 0.5) is 0 Å². The van der Waals surface area contributed by atoms with Gasteiger partial charge in [-0.15, -0.1) is 0 Å². The molecule has 0 bridgehead atoms. The molecule has 0 aliphatic carbocycles. The summed E-state index contributed by atoms with van der Waals surface area (Å²) in [6.07, 6.45) is 2.66. The summed E-state index contributed by atoms with van der Waals surface area (Å²) < 4.78 is 21.1. The first-order valence-electron chi connectivity index (χ1n) is 8.03. The van der Waals surface area contributed by atoms with Crippen molar-refractivity contribution in [2.75, 3.05) is 27.9 Å². The van der Waals surface area contributed by atoms with Gasteiger partial charge in [-0.25, -0.2) is 0 Å². The molecule has 0 N–H and O–H groups in total. The van der Waals surface area contributed by atoms with Gasteiger partial charge >= 0.3 is 5.97 Å². The van der Waals surface area contributed by atoms with Gasteiger partial charge in [0.05, 0.1) is 33.6 Å². The van der Waals surface area contributed by atoms with Gasteiger partial charge in [-0.1, -0.05) is 0 Å². The number of carbonyl (C=O) groups is 1. The Morgan fingerprint density at radius 2 is 1.72 bits per heavy atom. The molecule has 1 aromatic heterocycles. The lowest BCUT2D eigenvalue weighted by Gasteiger charge is -2.14. The van der Waals surface area contributed by atoms with Gasteiger partial charge in [0.15, 0.2) is 11.5 Å². The van der Waals surface area contributed by atoms with E-state index in [2.05, 4.69) is 4.98 Å². The quantitative estimate of drug-likeness (QED) is 0.684. The number of rotatable bonds is 8. The van der Waals surface area contributed by atoms with E-state index in [1.165, 1.54) is 0 Å². The summed E-state index contributed by atoms with van der Waals surface area (Å²) in [5.41, 5.74) is 2.61. The molecule has 1 aromatic carbocycles. The molecule has 0 saturated heterocycles. The molecule has 0 unspecified atom stereocenters. The number of hydrogen-bond donors (Lipinski definition) is 0. The van der Waals surface area contributed by atoms with Crippen molar-refractivity contribution in [2.24, 2.45) is 0 Å². The van der Waals surface area contributed by atoms with E-state index in [1.807, 2.05) is 24.3 Å². The third kappa shape index (κ3) is 4.62. The van der Waals surface area contributed by atoms with Gasteiger partial charge in [0.25, 0.3) is 0 Å². The van der Waals surface area contributed by atoms with Crippen molar-refractivity contribution in [2.45, 2.75) is 19.8 Å². The zero-order valence-electron chi connectivity index (χ0n) is 15.0. The van der Waals surface area contributed by atoms with Crippen LogP contribution in [0.25, 0.3) is 11.3 Å². The molecule has 2 rings (SSSR count). The highest BCUT2D eigenvalue weighted by molar-refractivity contribution is 5.71. The number of nitrogens with zero attached hydrogens (tertiary/aromatic N) is 1. The third-order valence-corrected chi connectivity index (χ3v) is 3.71. The second-order valence-electron chi connectivity index (χ2n) is 5.27. The normalized spacial score (nSPS) is 10.2. The monoisotopic (exact) mass is 345 g/mol. The van der Waals surface area contributed by atoms with E-state index in [-0.39, 0.29) is 5.97 Å². The van der Waals surface area contributed by atoms with Crippen molar-refractivity contribution in [3.8, 4) is 28.5 Å². The van der Waals surface area contributed by atoms with Crippen LogP contribution in [-0.2, 0) is 16.0 Å². The van der Waals surface area contributed by atoms with Gasteiger partial charge in [-0.05, 0) is 43.2 Å². The van der Waals surface area contributed by atoms with E-state index in [9.17, 15) is 4.79 Å². The van der Waals surface area contributed by atoms with Crippen LogP contribution < -0.4 is 14.2 Å². The summed E-state index contributed by atoms with van der Waals surface area (Å²) >= 11 is 0. The number of hydrogen-bond acceptors (Lipinski definition) is 6. The average molecular weight is 345 g/mol. The molecular formula is C19H23NO5. The lowest BCUT2D eigenvalue weighted by molar-refractivity contribution is -0.143. The first-order chi connectivity index (χ1) is 12.1. The zero-order valence-corrected chi connectivity index (χ0v) is 15.0. The molecule has 0 aliphatic heterocycles. The number of carbonyl (C=O) groups excluding carboxylic acids is 1. The van der Waals surface area contributed by atoms with E-state index in [1.54, 1.807) is 34.4 Å². The van der Waals surface area contributed by atoms with Crippen molar-refractivity contribution in [3.63, 3.8) is 0 Å². The Kier molecular flexibility index (Phi) is 6.62. The third-order valence-electron chi connectivity index (χ3n) is 3.71. The average Bonchev–Trinajstić information content (AvgIpc) is 2.65. The molecule has 2 aromatic rings. The first kappa shape index (κ1) is 18.6. The van der Waals surface area contributed by atoms with Crippen LogP contribution in [-0.4, -0.2) is 38.9 Å². The Balaban J connectivity index is 2.29. The maximum atomic E-state index is 11.5. The summed E-state index contributed by atoms with van der Waals surface area (Å²) in [6, 6.07) is 7.53. The molecule has 6 heteroatoms. The summed E-state index contributed by atoms with van der Waals surface area (Å²) in [5.74, 6) is 1.46. The fourth-order valence-electron chi connectivity index (χ4n) is 2.50. The maximum absolute atomic E-state index is 11.5. The van der Waals surface area contributed by atoms with Gasteiger partial charge in [-0.2, -0.15) is 0 Å². The van der Waals surface area contributed by atoms with E-state index in [0.717, 1.165) is 16.8 Å². The molecule has 0 saturated carbocycles. The number of ether oxygens (including phenoxy) is 4. The highest BCUT2D eigenvalue weighted by atomic mass is 16.5. The minimum absolute atomic E-state index is 0.200. The fraction of sp³-hybridized carbons (Fsp3) is 0.368. The van der Waals surface area contributed by atoms with Crippen LogP contribution in [0, 0.1) is 0 Å². The standard InChI is InChI=1S/C19H23NO5/c1-5-25-18(21)7-6-13-8-9-20-15(10-13)14-11-16(22-2)19(24-4)17(12-14)23-3/h8-12H,5-7H2,1-4H3. The van der Waals surface area contributed by atoms with Crippen LogP contribution in [0.5, 0.6) is 17.2 Å². The number of pyridine rings is 1. The van der Waals surface area contributed by atoms with Gasteiger partial charge in [0, 0.05) is 18.2 Å². The fourth-order valence-corrected chi connectivity index (χ4v) is 2.50. The molecule has 0 radical (unpaired) electrons. The summed E-state index contributed by atoms with van der Waals surface area (Å²) in [7, 11) is 4.71. The van der Waals surface area contributed by atoms with E-state index in [4.69, 9.17) is 18.9 Å². The highest BCUT2D eigenvalue weighted by Gasteiger charge is 2.15. The molecule has 0 atom stereocenters. The van der Waals surface area contributed by atoms with Crippen molar-refractivity contribution in [3.05, 3.63) is 36.0 Å². The smallest absolute Gasteiger partial charge is 0.306 e. The van der Waals surface area contributed by atoms with Gasteiger partial charge in [-0.3, -0.25) is 9.78 Å². The van der Waals surface area contributed by atoms with Crippen LogP contribution in [0.2, 0.25) is 0 Å². The molecule has 0 aliphatic rings. The Labute approximate surface area is 147 Å². The largest absolute Gasteiger partial charge is 0.493 e. The lowest BCUT2D eigenvalue weighted by atomic mass is 10.1. The van der Waals surface area contributed by atoms with Crippen molar-refractivity contribution in [1.82, 2.24) is 4.98 Å². The molecular weight excluding hydrogens is 322 g/mol. The van der Waals surface area contributed by atoms with Crippen LogP contribution in [0.3, 0.4) is 0 Å². The maximum Gasteiger partial charge on any atom is 0.306 e. The van der Waals surface area contributed by atoms with Gasteiger partial charge in [0.1, 0.15) is 0 Å². The number of methoxy groups -OCH3 is 3. The minimum atomic E-state index is -0.200. The van der Waals surface area contributed by atoms with Crippen molar-refractivity contribution < 1.29 is 23.7 Å². The second-order valence-corrected chi connectivity index (χ2v) is 5.27. The van der Waals surface area contributed by atoms with Crippen LogP contribution in [0.1, 0.15) is 18.9 Å². The Hall–Kier alpha value is -2.76. The van der Waals surface area contributed by atoms with Crippen LogP contribution in [0.15, 0.2) is 30.5 Å². The predicted octanol–water partition coefficient (Wildman–Crippen LogP) is 3.27. The molecule has 0 spiro atoms. The summed E-state index contributed by atoms with van der Waals surface area (Å²) in [4.78, 5) is 15.9. The number of aryl methyl sites for hydroxylation is 1. The zero-order chi connectivity index (χ0) is 18.2. The van der Waals surface area contributed by atoms with E-state index >= 15 is 0 Å². The van der Waals surface area contributed by atoms with E-state index in [0.29, 0.717) is 36.7 Å². The van der Waals surface area contributed by atoms with Crippen LogP contribution >= 0.6 is 0 Å². The molecule has 0 fully saturated rings.